The van der Waals surface area contributed by atoms with E-state index in [1.165, 1.54) is 5.56 Å². The van der Waals surface area contributed by atoms with Gasteiger partial charge in [-0.05, 0) is 51.3 Å². The molecule has 0 aliphatic carbocycles. The highest BCUT2D eigenvalue weighted by Crippen LogP contribution is 2.25. The highest BCUT2D eigenvalue weighted by atomic mass is 16.7. The number of ether oxygens (including phenoxy) is 3. The molecule has 1 heterocycles. The van der Waals surface area contributed by atoms with Crippen LogP contribution < -0.4 is 0 Å². The summed E-state index contributed by atoms with van der Waals surface area (Å²) >= 11 is 0. The zero-order valence-corrected chi connectivity index (χ0v) is 12.3. The number of benzene rings is 1. The molecule has 0 amide bonds. The molecule has 2 rings (SSSR count). The van der Waals surface area contributed by atoms with E-state index in [0.717, 1.165) is 12.8 Å². The molecule has 1 aliphatic heterocycles. The lowest BCUT2D eigenvalue weighted by Crippen LogP contribution is -2.21. The smallest absolute Gasteiger partial charge is 0.338 e. The molecule has 1 aliphatic rings. The Morgan fingerprint density at radius 1 is 1.35 bits per heavy atom. The lowest BCUT2D eigenvalue weighted by atomic mass is 10.1. The SMILES string of the molecule is CCOC(=O)c1ccc(CCC2COC(C)(C)O2)cc1. The summed E-state index contributed by atoms with van der Waals surface area (Å²) in [7, 11) is 0. The zero-order chi connectivity index (χ0) is 14.6. The van der Waals surface area contributed by atoms with Gasteiger partial charge < -0.3 is 14.2 Å². The first-order chi connectivity index (χ1) is 9.50. The molecule has 4 nitrogen and oxygen atoms in total. The Morgan fingerprint density at radius 3 is 2.60 bits per heavy atom. The van der Waals surface area contributed by atoms with E-state index < -0.39 is 5.79 Å². The number of hydrogen-bond donors (Lipinski definition) is 0. The van der Waals surface area contributed by atoms with Gasteiger partial charge in [-0.15, -0.1) is 0 Å². The molecule has 0 saturated carbocycles. The second-order valence-corrected chi connectivity index (χ2v) is 5.41. The molecule has 1 fully saturated rings. The minimum absolute atomic E-state index is 0.148. The summed E-state index contributed by atoms with van der Waals surface area (Å²) in [5.41, 5.74) is 1.78. The normalized spacial score (nSPS) is 20.9. The van der Waals surface area contributed by atoms with Gasteiger partial charge in [-0.2, -0.15) is 0 Å². The Morgan fingerprint density at radius 2 is 2.05 bits per heavy atom. The Kier molecular flexibility index (Phi) is 4.78. The summed E-state index contributed by atoms with van der Waals surface area (Å²) in [5, 5.41) is 0. The number of hydrogen-bond acceptors (Lipinski definition) is 4. The average Bonchev–Trinajstić information content (AvgIpc) is 2.77. The van der Waals surface area contributed by atoms with E-state index in [0.29, 0.717) is 18.8 Å². The molecule has 0 aromatic heterocycles. The second-order valence-electron chi connectivity index (χ2n) is 5.41. The van der Waals surface area contributed by atoms with Crippen LogP contribution in [0.3, 0.4) is 0 Å². The van der Waals surface area contributed by atoms with Crippen molar-refractivity contribution < 1.29 is 19.0 Å². The third-order valence-corrected chi connectivity index (χ3v) is 3.29. The van der Waals surface area contributed by atoms with E-state index in [4.69, 9.17) is 14.2 Å². The van der Waals surface area contributed by atoms with Gasteiger partial charge in [0, 0.05) is 0 Å². The van der Waals surface area contributed by atoms with Crippen LogP contribution in [-0.2, 0) is 20.6 Å². The van der Waals surface area contributed by atoms with Gasteiger partial charge in [0.1, 0.15) is 0 Å². The van der Waals surface area contributed by atoms with E-state index in [1.807, 2.05) is 38.1 Å². The van der Waals surface area contributed by atoms with Crippen molar-refractivity contribution in [2.24, 2.45) is 0 Å². The summed E-state index contributed by atoms with van der Waals surface area (Å²) in [4.78, 5) is 11.5. The summed E-state index contributed by atoms with van der Waals surface area (Å²) < 4.78 is 16.3. The van der Waals surface area contributed by atoms with Gasteiger partial charge in [-0.25, -0.2) is 4.79 Å². The molecule has 20 heavy (non-hydrogen) atoms. The first-order valence-corrected chi connectivity index (χ1v) is 7.08. The van der Waals surface area contributed by atoms with E-state index in [9.17, 15) is 4.79 Å². The molecular formula is C16H22O4. The van der Waals surface area contributed by atoms with Gasteiger partial charge in [-0.1, -0.05) is 12.1 Å². The molecule has 0 N–H and O–H groups in total. The molecule has 0 spiro atoms. The summed E-state index contributed by atoms with van der Waals surface area (Å²) in [6.45, 7) is 6.71. The standard InChI is InChI=1S/C16H22O4/c1-4-18-15(17)13-8-5-12(6-9-13)7-10-14-11-19-16(2,3)20-14/h5-6,8-9,14H,4,7,10-11H2,1-3H3. The highest BCUT2D eigenvalue weighted by Gasteiger charge is 2.32. The monoisotopic (exact) mass is 278 g/mol. The van der Waals surface area contributed by atoms with Crippen molar-refractivity contribution in [2.45, 2.75) is 45.5 Å². The molecule has 1 aromatic rings. The number of rotatable bonds is 5. The van der Waals surface area contributed by atoms with Crippen LogP contribution in [0.15, 0.2) is 24.3 Å². The number of aryl methyl sites for hydroxylation is 1. The maximum absolute atomic E-state index is 11.5. The Labute approximate surface area is 120 Å². The van der Waals surface area contributed by atoms with Crippen LogP contribution in [0.5, 0.6) is 0 Å². The summed E-state index contributed by atoms with van der Waals surface area (Å²) in [6, 6.07) is 7.55. The quantitative estimate of drug-likeness (QED) is 0.777. The van der Waals surface area contributed by atoms with Crippen LogP contribution in [0.2, 0.25) is 0 Å². The minimum atomic E-state index is -0.460. The molecule has 1 aromatic carbocycles. The predicted molar refractivity (Wildman–Crippen MR) is 75.6 cm³/mol. The zero-order valence-electron chi connectivity index (χ0n) is 12.3. The van der Waals surface area contributed by atoms with Gasteiger partial charge in [-0.3, -0.25) is 0 Å². The van der Waals surface area contributed by atoms with Crippen molar-refractivity contribution in [1.82, 2.24) is 0 Å². The van der Waals surface area contributed by atoms with Crippen LogP contribution in [0.1, 0.15) is 43.1 Å². The lowest BCUT2D eigenvalue weighted by molar-refractivity contribution is -0.138. The number of carbonyl (C=O) groups is 1. The minimum Gasteiger partial charge on any atom is -0.462 e. The van der Waals surface area contributed by atoms with Gasteiger partial charge in [0.25, 0.3) is 0 Å². The maximum atomic E-state index is 11.5. The largest absolute Gasteiger partial charge is 0.462 e. The van der Waals surface area contributed by atoms with E-state index >= 15 is 0 Å². The number of carbonyl (C=O) groups excluding carboxylic acids is 1. The van der Waals surface area contributed by atoms with E-state index in [-0.39, 0.29) is 12.1 Å². The predicted octanol–water partition coefficient (Wildman–Crippen LogP) is 2.95. The van der Waals surface area contributed by atoms with Crippen molar-refractivity contribution in [3.8, 4) is 0 Å². The molecule has 4 heteroatoms. The van der Waals surface area contributed by atoms with Crippen LogP contribution in [0, 0.1) is 0 Å². The molecule has 0 bridgehead atoms. The molecule has 1 atom stereocenters. The first-order valence-electron chi connectivity index (χ1n) is 7.08. The highest BCUT2D eigenvalue weighted by molar-refractivity contribution is 5.89. The van der Waals surface area contributed by atoms with Crippen molar-refractivity contribution in [2.75, 3.05) is 13.2 Å². The maximum Gasteiger partial charge on any atom is 0.338 e. The molecule has 0 radical (unpaired) electrons. The van der Waals surface area contributed by atoms with Crippen molar-refractivity contribution >= 4 is 5.97 Å². The summed E-state index contributed by atoms with van der Waals surface area (Å²) in [6.07, 6.45) is 1.98. The molecular weight excluding hydrogens is 256 g/mol. The lowest BCUT2D eigenvalue weighted by Gasteiger charge is -2.17. The Balaban J connectivity index is 1.84. The van der Waals surface area contributed by atoms with Crippen LogP contribution in [0.25, 0.3) is 0 Å². The third kappa shape index (κ3) is 4.05. The van der Waals surface area contributed by atoms with Gasteiger partial charge >= 0.3 is 5.97 Å². The van der Waals surface area contributed by atoms with Crippen molar-refractivity contribution in [1.29, 1.82) is 0 Å². The fourth-order valence-electron chi connectivity index (χ4n) is 2.25. The van der Waals surface area contributed by atoms with E-state index in [1.54, 1.807) is 6.92 Å². The third-order valence-electron chi connectivity index (χ3n) is 3.29. The van der Waals surface area contributed by atoms with Crippen molar-refractivity contribution in [3.05, 3.63) is 35.4 Å². The topological polar surface area (TPSA) is 44.8 Å². The second kappa shape index (κ2) is 6.37. The Bertz CT molecular complexity index is 450. The van der Waals surface area contributed by atoms with Crippen molar-refractivity contribution in [3.63, 3.8) is 0 Å². The fourth-order valence-corrected chi connectivity index (χ4v) is 2.25. The summed E-state index contributed by atoms with van der Waals surface area (Å²) in [5.74, 6) is -0.730. The van der Waals surface area contributed by atoms with Gasteiger partial charge in [0.05, 0.1) is 24.9 Å². The first kappa shape index (κ1) is 15.0. The van der Waals surface area contributed by atoms with Gasteiger partial charge in [0.2, 0.25) is 0 Å². The molecule has 1 unspecified atom stereocenters. The Hall–Kier alpha value is -1.39. The van der Waals surface area contributed by atoms with Gasteiger partial charge in [0.15, 0.2) is 5.79 Å². The van der Waals surface area contributed by atoms with Crippen LogP contribution in [-0.4, -0.2) is 31.1 Å². The van der Waals surface area contributed by atoms with E-state index in [2.05, 4.69) is 0 Å². The molecule has 1 saturated heterocycles. The number of esters is 1. The fraction of sp³-hybridized carbons (Fsp3) is 0.562. The average molecular weight is 278 g/mol. The van der Waals surface area contributed by atoms with Crippen LogP contribution >= 0.6 is 0 Å². The van der Waals surface area contributed by atoms with Crippen LogP contribution in [0.4, 0.5) is 0 Å². The molecule has 110 valence electrons.